The maximum absolute atomic E-state index is 13.2. The molecule has 9 heteroatoms. The highest BCUT2D eigenvalue weighted by Crippen LogP contribution is 2.42. The lowest BCUT2D eigenvalue weighted by Crippen LogP contribution is -2.29. The van der Waals surface area contributed by atoms with Crippen LogP contribution in [0.4, 0.5) is 13.2 Å². The van der Waals surface area contributed by atoms with E-state index >= 15 is 0 Å². The number of alkyl halides is 3. The highest BCUT2D eigenvalue weighted by molar-refractivity contribution is 6.46. The number of carbonyl (C=O) groups excluding carboxylic acids is 2. The van der Waals surface area contributed by atoms with Crippen molar-refractivity contribution in [1.29, 1.82) is 0 Å². The average molecular weight is 485 g/mol. The monoisotopic (exact) mass is 485 g/mol. The van der Waals surface area contributed by atoms with E-state index in [1.165, 1.54) is 19.2 Å². The normalized spacial score (nSPS) is 17.8. The summed E-state index contributed by atoms with van der Waals surface area (Å²) in [5, 5.41) is 11.2. The average Bonchev–Trinajstić information content (AvgIpc) is 3.34. The van der Waals surface area contributed by atoms with Crippen LogP contribution in [0.15, 0.2) is 64.6 Å². The SMILES string of the molecule is COc1ccc(/C(O)=C2/C(=O)C(=O)N(Cc3cccc(C(F)(F)F)c3)C2c2ccc(C)o2)c(C)c1. The Kier molecular flexibility index (Phi) is 6.19. The second kappa shape index (κ2) is 8.98. The number of nitrogens with zero attached hydrogens (tertiary/aromatic N) is 1. The Labute approximate surface area is 199 Å². The Morgan fingerprint density at radius 2 is 1.83 bits per heavy atom. The van der Waals surface area contributed by atoms with Gasteiger partial charge in [-0.3, -0.25) is 9.59 Å². The van der Waals surface area contributed by atoms with E-state index in [4.69, 9.17) is 9.15 Å². The molecule has 1 fully saturated rings. The summed E-state index contributed by atoms with van der Waals surface area (Å²) in [4.78, 5) is 27.3. The lowest BCUT2D eigenvalue weighted by atomic mass is 9.96. The van der Waals surface area contributed by atoms with Crippen LogP contribution in [0.3, 0.4) is 0 Å². The van der Waals surface area contributed by atoms with Gasteiger partial charge in [0.1, 0.15) is 29.1 Å². The molecule has 1 atom stereocenters. The quantitative estimate of drug-likeness (QED) is 0.291. The Morgan fingerprint density at radius 3 is 2.43 bits per heavy atom. The molecule has 1 aliphatic heterocycles. The number of benzene rings is 2. The van der Waals surface area contributed by atoms with E-state index in [1.807, 2.05) is 0 Å². The largest absolute Gasteiger partial charge is 0.507 e. The van der Waals surface area contributed by atoms with Crippen molar-refractivity contribution < 1.29 is 37.0 Å². The number of hydrogen-bond donors (Lipinski definition) is 1. The van der Waals surface area contributed by atoms with E-state index < -0.39 is 35.2 Å². The molecule has 2 heterocycles. The number of carbonyl (C=O) groups is 2. The van der Waals surface area contributed by atoms with Crippen molar-refractivity contribution in [2.75, 3.05) is 7.11 Å². The van der Waals surface area contributed by atoms with Gasteiger partial charge >= 0.3 is 6.18 Å². The molecule has 4 rings (SSSR count). The summed E-state index contributed by atoms with van der Waals surface area (Å²) in [7, 11) is 1.49. The van der Waals surface area contributed by atoms with Crippen LogP contribution in [-0.2, 0) is 22.3 Å². The number of amides is 1. The fourth-order valence-electron chi connectivity index (χ4n) is 4.16. The molecule has 6 nitrogen and oxygen atoms in total. The van der Waals surface area contributed by atoms with Gasteiger partial charge in [-0.05, 0) is 67.4 Å². The highest BCUT2D eigenvalue weighted by Gasteiger charge is 2.47. The third-order valence-corrected chi connectivity index (χ3v) is 5.87. The van der Waals surface area contributed by atoms with Crippen LogP contribution in [0.25, 0.3) is 5.76 Å². The number of aliphatic hydroxyl groups excluding tert-OH is 1. The molecular weight excluding hydrogens is 463 g/mol. The summed E-state index contributed by atoms with van der Waals surface area (Å²) in [6, 6.07) is 11.4. The van der Waals surface area contributed by atoms with Gasteiger partial charge in [-0.25, -0.2) is 0 Å². The number of methoxy groups -OCH3 is 1. The van der Waals surface area contributed by atoms with Crippen LogP contribution in [0.1, 0.15) is 39.8 Å². The minimum absolute atomic E-state index is 0.177. The maximum Gasteiger partial charge on any atom is 0.416 e. The molecule has 0 saturated carbocycles. The first-order valence-electron chi connectivity index (χ1n) is 10.7. The first-order chi connectivity index (χ1) is 16.5. The van der Waals surface area contributed by atoms with Crippen LogP contribution < -0.4 is 4.74 Å². The van der Waals surface area contributed by atoms with Crippen LogP contribution in [0.2, 0.25) is 0 Å². The molecule has 2 aromatic carbocycles. The number of Topliss-reactive ketones (excluding diaryl/α,β-unsaturated/α-hetero) is 1. The number of ether oxygens (including phenoxy) is 1. The molecule has 1 N–H and O–H groups in total. The fourth-order valence-corrected chi connectivity index (χ4v) is 4.16. The van der Waals surface area contributed by atoms with Gasteiger partial charge in [0, 0.05) is 12.1 Å². The second-order valence-electron chi connectivity index (χ2n) is 8.25. The Morgan fingerprint density at radius 1 is 1.09 bits per heavy atom. The first kappa shape index (κ1) is 24.1. The van der Waals surface area contributed by atoms with Crippen molar-refractivity contribution in [3.05, 3.63) is 93.9 Å². The van der Waals surface area contributed by atoms with Crippen molar-refractivity contribution in [2.45, 2.75) is 32.6 Å². The van der Waals surface area contributed by atoms with Crippen LogP contribution in [-0.4, -0.2) is 28.8 Å². The van der Waals surface area contributed by atoms with Crippen molar-refractivity contribution in [3.8, 4) is 5.75 Å². The zero-order valence-electron chi connectivity index (χ0n) is 19.1. The summed E-state index contributed by atoms with van der Waals surface area (Å²) in [5.74, 6) is -1.05. The van der Waals surface area contributed by atoms with Crippen molar-refractivity contribution in [2.24, 2.45) is 0 Å². The van der Waals surface area contributed by atoms with E-state index in [0.717, 1.165) is 17.0 Å². The molecule has 1 unspecified atom stereocenters. The van der Waals surface area contributed by atoms with Gasteiger partial charge in [-0.15, -0.1) is 0 Å². The molecule has 1 saturated heterocycles. The Hall–Kier alpha value is -4.01. The molecule has 1 amide bonds. The van der Waals surface area contributed by atoms with Gasteiger partial charge in [0.15, 0.2) is 0 Å². The highest BCUT2D eigenvalue weighted by atomic mass is 19.4. The van der Waals surface area contributed by atoms with Crippen molar-refractivity contribution >= 4 is 17.4 Å². The minimum atomic E-state index is -4.56. The number of ketones is 1. The summed E-state index contributed by atoms with van der Waals surface area (Å²) in [6.45, 7) is 3.09. The minimum Gasteiger partial charge on any atom is -0.507 e. The van der Waals surface area contributed by atoms with Crippen LogP contribution >= 0.6 is 0 Å². The summed E-state index contributed by atoms with van der Waals surface area (Å²) >= 11 is 0. The summed E-state index contributed by atoms with van der Waals surface area (Å²) < 4.78 is 50.5. The van der Waals surface area contributed by atoms with Gasteiger partial charge in [-0.2, -0.15) is 13.2 Å². The number of likely N-dealkylation sites (tertiary alicyclic amines) is 1. The fraction of sp³-hybridized carbons (Fsp3) is 0.231. The number of halogens is 3. The van der Waals surface area contributed by atoms with Crippen molar-refractivity contribution in [3.63, 3.8) is 0 Å². The van der Waals surface area contributed by atoms with E-state index in [9.17, 15) is 27.9 Å². The Bertz CT molecular complexity index is 1340. The molecule has 0 radical (unpaired) electrons. The molecule has 3 aromatic rings. The molecule has 0 aliphatic carbocycles. The van der Waals surface area contributed by atoms with Gasteiger partial charge in [0.2, 0.25) is 0 Å². The summed E-state index contributed by atoms with van der Waals surface area (Å²) in [6.07, 6.45) is -4.56. The van der Waals surface area contributed by atoms with Crippen LogP contribution in [0, 0.1) is 13.8 Å². The lowest BCUT2D eigenvalue weighted by molar-refractivity contribution is -0.140. The number of rotatable bonds is 5. The van der Waals surface area contributed by atoms with Gasteiger partial charge in [-0.1, -0.05) is 12.1 Å². The molecule has 0 spiro atoms. The molecular formula is C26H22F3NO5. The van der Waals surface area contributed by atoms with Gasteiger partial charge < -0.3 is 19.2 Å². The smallest absolute Gasteiger partial charge is 0.416 e. The lowest BCUT2D eigenvalue weighted by Gasteiger charge is -2.24. The van der Waals surface area contributed by atoms with E-state index in [0.29, 0.717) is 22.6 Å². The number of aryl methyl sites for hydroxylation is 2. The first-order valence-corrected chi connectivity index (χ1v) is 10.7. The van der Waals surface area contributed by atoms with Crippen LogP contribution in [0.5, 0.6) is 5.75 Å². The number of aliphatic hydroxyl groups is 1. The molecule has 1 aromatic heterocycles. The zero-order valence-corrected chi connectivity index (χ0v) is 19.1. The predicted octanol–water partition coefficient (Wildman–Crippen LogP) is 5.55. The third kappa shape index (κ3) is 4.53. The maximum atomic E-state index is 13.2. The van der Waals surface area contributed by atoms with E-state index in [1.54, 1.807) is 44.2 Å². The predicted molar refractivity (Wildman–Crippen MR) is 120 cm³/mol. The second-order valence-corrected chi connectivity index (χ2v) is 8.25. The van der Waals surface area contributed by atoms with Crippen molar-refractivity contribution in [1.82, 2.24) is 4.90 Å². The summed E-state index contributed by atoms with van der Waals surface area (Å²) in [5.41, 5.74) is 0.0162. The van der Waals surface area contributed by atoms with E-state index in [2.05, 4.69) is 0 Å². The van der Waals surface area contributed by atoms with Gasteiger partial charge in [0.25, 0.3) is 11.7 Å². The molecule has 35 heavy (non-hydrogen) atoms. The molecule has 1 aliphatic rings. The topological polar surface area (TPSA) is 80.0 Å². The third-order valence-electron chi connectivity index (χ3n) is 5.87. The van der Waals surface area contributed by atoms with E-state index in [-0.39, 0.29) is 23.4 Å². The van der Waals surface area contributed by atoms with Gasteiger partial charge in [0.05, 0.1) is 18.2 Å². The number of hydrogen-bond acceptors (Lipinski definition) is 5. The molecule has 182 valence electrons. The zero-order chi connectivity index (χ0) is 25.5. The Balaban J connectivity index is 1.84. The standard InChI is InChI=1S/C26H22F3NO5/c1-14-11-18(34-3)8-9-19(14)23(31)21-22(20-10-7-15(2)35-20)30(25(33)24(21)32)13-16-5-4-6-17(12-16)26(27,28)29/h4-12,22,31H,13H2,1-3H3/b23-21-. The number of furan rings is 1. The molecule has 0 bridgehead atoms.